The quantitative estimate of drug-likeness (QED) is 0.855. The molecule has 0 aliphatic heterocycles. The van der Waals surface area contributed by atoms with Crippen molar-refractivity contribution in [2.45, 2.75) is 51.0 Å². The third-order valence-corrected chi connectivity index (χ3v) is 4.47. The first-order valence-electron chi connectivity index (χ1n) is 7.59. The largest absolute Gasteiger partial charge is 0.399 e. The van der Waals surface area contributed by atoms with E-state index in [2.05, 4.69) is 15.5 Å². The van der Waals surface area contributed by atoms with Gasteiger partial charge in [0.05, 0.1) is 11.1 Å². The van der Waals surface area contributed by atoms with Crippen molar-refractivity contribution in [1.29, 1.82) is 0 Å². The van der Waals surface area contributed by atoms with Crippen LogP contribution >= 0.6 is 11.6 Å². The molecule has 112 valence electrons. The van der Waals surface area contributed by atoms with Crippen molar-refractivity contribution in [3.63, 3.8) is 0 Å². The second-order valence-corrected chi connectivity index (χ2v) is 6.09. The smallest absolute Gasteiger partial charge is 0.183 e. The molecule has 21 heavy (non-hydrogen) atoms. The minimum absolute atomic E-state index is 0.354. The second kappa shape index (κ2) is 6.43. The minimum atomic E-state index is 0.354. The Bertz CT molecular complexity index is 602. The molecule has 5 nitrogen and oxygen atoms in total. The normalized spacial score (nSPS) is 17.4. The summed E-state index contributed by atoms with van der Waals surface area (Å²) >= 11 is 6.29. The molecule has 0 bridgehead atoms. The van der Waals surface area contributed by atoms with Gasteiger partial charge in [0.15, 0.2) is 5.82 Å². The summed E-state index contributed by atoms with van der Waals surface area (Å²) in [5, 5.41) is 12.9. The van der Waals surface area contributed by atoms with Crippen molar-refractivity contribution in [3.8, 4) is 11.4 Å². The molecule has 6 heteroatoms. The third kappa shape index (κ3) is 3.18. The predicted octanol–water partition coefficient (Wildman–Crippen LogP) is 3.86. The summed E-state index contributed by atoms with van der Waals surface area (Å²) in [6, 6.07) is 5.78. The lowest BCUT2D eigenvalue weighted by Crippen LogP contribution is -2.14. The van der Waals surface area contributed by atoms with Crippen LogP contribution in [-0.4, -0.2) is 20.2 Å². The lowest BCUT2D eigenvalue weighted by molar-refractivity contribution is 0.345. The average Bonchev–Trinajstić information content (AvgIpc) is 2.90. The molecule has 0 unspecified atom stereocenters. The minimum Gasteiger partial charge on any atom is -0.399 e. The molecule has 1 heterocycles. The van der Waals surface area contributed by atoms with Gasteiger partial charge < -0.3 is 5.73 Å². The van der Waals surface area contributed by atoms with Gasteiger partial charge in [-0.1, -0.05) is 43.7 Å². The van der Waals surface area contributed by atoms with Crippen LogP contribution in [0.1, 0.15) is 51.0 Å². The van der Waals surface area contributed by atoms with Crippen LogP contribution in [0.15, 0.2) is 18.2 Å². The van der Waals surface area contributed by atoms with E-state index < -0.39 is 0 Å². The zero-order valence-corrected chi connectivity index (χ0v) is 12.8. The number of nitrogens with two attached hydrogens (primary N) is 1. The molecule has 1 fully saturated rings. The second-order valence-electron chi connectivity index (χ2n) is 5.69. The van der Waals surface area contributed by atoms with Gasteiger partial charge in [-0.05, 0) is 41.5 Å². The first kappa shape index (κ1) is 14.3. The first-order valence-corrected chi connectivity index (χ1v) is 7.97. The molecule has 2 N–H and O–H groups in total. The summed E-state index contributed by atoms with van der Waals surface area (Å²) in [4.78, 5) is 0. The summed E-state index contributed by atoms with van der Waals surface area (Å²) in [6.07, 6.45) is 8.65. The Balaban J connectivity index is 1.94. The van der Waals surface area contributed by atoms with Gasteiger partial charge in [0, 0.05) is 11.3 Å². The van der Waals surface area contributed by atoms with Crippen molar-refractivity contribution < 1.29 is 0 Å². The van der Waals surface area contributed by atoms with Crippen molar-refractivity contribution in [2.24, 2.45) is 0 Å². The lowest BCUT2D eigenvalue weighted by atomic mass is 9.96. The fraction of sp³-hybridized carbons (Fsp3) is 0.533. The maximum atomic E-state index is 6.29. The fourth-order valence-electron chi connectivity index (χ4n) is 3.01. The monoisotopic (exact) mass is 305 g/mol. The van der Waals surface area contributed by atoms with E-state index in [1.54, 1.807) is 12.1 Å². The number of anilines is 1. The number of halogens is 1. The summed E-state index contributed by atoms with van der Waals surface area (Å²) < 4.78 is 1.94. The predicted molar refractivity (Wildman–Crippen MR) is 84.0 cm³/mol. The number of tetrazole rings is 1. The van der Waals surface area contributed by atoms with E-state index in [9.17, 15) is 0 Å². The maximum Gasteiger partial charge on any atom is 0.183 e. The van der Waals surface area contributed by atoms with E-state index in [4.69, 9.17) is 17.3 Å². The van der Waals surface area contributed by atoms with Crippen molar-refractivity contribution in [2.75, 3.05) is 5.73 Å². The molecular formula is C15H20ClN5. The molecule has 1 aliphatic carbocycles. The Morgan fingerprint density at radius 3 is 2.57 bits per heavy atom. The van der Waals surface area contributed by atoms with Gasteiger partial charge in [-0.15, -0.1) is 5.10 Å². The van der Waals surface area contributed by atoms with Crippen molar-refractivity contribution >= 4 is 17.3 Å². The van der Waals surface area contributed by atoms with Crippen LogP contribution in [0.4, 0.5) is 5.69 Å². The molecule has 0 atom stereocenters. The fourth-order valence-corrected chi connectivity index (χ4v) is 3.21. The first-order chi connectivity index (χ1) is 10.3. The zero-order valence-electron chi connectivity index (χ0n) is 12.0. The molecule has 0 spiro atoms. The number of aromatic nitrogens is 4. The number of benzene rings is 1. The Morgan fingerprint density at radius 2 is 1.81 bits per heavy atom. The highest BCUT2D eigenvalue weighted by molar-refractivity contribution is 6.33. The van der Waals surface area contributed by atoms with Crippen LogP contribution < -0.4 is 5.73 Å². The van der Waals surface area contributed by atoms with E-state index in [1.807, 2.05) is 10.7 Å². The third-order valence-electron chi connectivity index (χ3n) is 4.14. The zero-order chi connectivity index (χ0) is 14.7. The van der Waals surface area contributed by atoms with Crippen LogP contribution in [-0.2, 0) is 0 Å². The van der Waals surface area contributed by atoms with Gasteiger partial charge in [0.2, 0.25) is 0 Å². The van der Waals surface area contributed by atoms with Crippen LogP contribution in [0.2, 0.25) is 5.02 Å². The molecule has 1 aromatic carbocycles. The van der Waals surface area contributed by atoms with E-state index in [0.717, 1.165) is 24.2 Å². The van der Waals surface area contributed by atoms with E-state index in [1.165, 1.54) is 32.1 Å². The summed E-state index contributed by atoms with van der Waals surface area (Å²) in [7, 11) is 0. The van der Waals surface area contributed by atoms with Crippen molar-refractivity contribution in [1.82, 2.24) is 20.2 Å². The lowest BCUT2D eigenvalue weighted by Gasteiger charge is -2.20. The summed E-state index contributed by atoms with van der Waals surface area (Å²) in [6.45, 7) is 0. The maximum absolute atomic E-state index is 6.29. The highest BCUT2D eigenvalue weighted by atomic mass is 35.5. The summed E-state index contributed by atoms with van der Waals surface area (Å²) in [5.74, 6) is 0.720. The molecule has 0 amide bonds. The van der Waals surface area contributed by atoms with Gasteiger partial charge in [-0.25, -0.2) is 4.68 Å². The number of rotatable bonds is 2. The van der Waals surface area contributed by atoms with Crippen LogP contribution in [0, 0.1) is 0 Å². The van der Waals surface area contributed by atoms with Crippen LogP contribution in [0.3, 0.4) is 0 Å². The van der Waals surface area contributed by atoms with Crippen LogP contribution in [0.5, 0.6) is 0 Å². The number of nitrogen functional groups attached to an aromatic ring is 1. The van der Waals surface area contributed by atoms with Crippen molar-refractivity contribution in [3.05, 3.63) is 23.2 Å². The van der Waals surface area contributed by atoms with Gasteiger partial charge in [-0.2, -0.15) is 0 Å². The molecule has 3 rings (SSSR count). The Kier molecular flexibility index (Phi) is 4.39. The highest BCUT2D eigenvalue weighted by Gasteiger charge is 2.20. The summed E-state index contributed by atoms with van der Waals surface area (Å²) in [5.41, 5.74) is 7.35. The van der Waals surface area contributed by atoms with E-state index in [-0.39, 0.29) is 0 Å². The van der Waals surface area contributed by atoms with Gasteiger partial charge in [0.1, 0.15) is 0 Å². The number of hydrogen-bond acceptors (Lipinski definition) is 4. The highest BCUT2D eigenvalue weighted by Crippen LogP contribution is 2.32. The number of nitrogens with zero attached hydrogens (tertiary/aromatic N) is 4. The Morgan fingerprint density at radius 1 is 1.10 bits per heavy atom. The SMILES string of the molecule is Nc1ccc(Cl)c(-c2nnnn2C2CCCCCCC2)c1. The number of hydrogen-bond donors (Lipinski definition) is 1. The molecule has 0 radical (unpaired) electrons. The molecule has 2 aromatic rings. The van der Waals surface area contributed by atoms with Crippen LogP contribution in [0.25, 0.3) is 11.4 Å². The Hall–Kier alpha value is -1.62. The molecule has 0 saturated heterocycles. The average molecular weight is 306 g/mol. The molecule has 1 saturated carbocycles. The molecule has 1 aromatic heterocycles. The molecule has 1 aliphatic rings. The standard InChI is InChI=1S/C15H20ClN5/c16-14-9-8-11(17)10-13(14)15-18-19-20-21(15)12-6-4-2-1-3-5-7-12/h8-10,12H,1-7,17H2. The van der Waals surface area contributed by atoms with E-state index >= 15 is 0 Å². The molecular weight excluding hydrogens is 286 g/mol. The van der Waals surface area contributed by atoms with Gasteiger partial charge in [-0.3, -0.25) is 0 Å². The van der Waals surface area contributed by atoms with E-state index in [0.29, 0.717) is 16.8 Å². The Labute approximate surface area is 129 Å². The van der Waals surface area contributed by atoms with Gasteiger partial charge >= 0.3 is 0 Å². The van der Waals surface area contributed by atoms with Gasteiger partial charge in [0.25, 0.3) is 0 Å². The topological polar surface area (TPSA) is 69.6 Å².